The number of hydrogen-bond donors (Lipinski definition) is 1. The molecule has 0 saturated heterocycles. The topological polar surface area (TPSA) is 12.0 Å². The largest absolute Gasteiger partial charge is 0.311 e. The Labute approximate surface area is 81.7 Å². The summed E-state index contributed by atoms with van der Waals surface area (Å²) in [5.41, 5.74) is 0. The second-order valence-corrected chi connectivity index (χ2v) is 5.08. The molecule has 0 aliphatic carbocycles. The maximum atomic E-state index is 3.59. The van der Waals surface area contributed by atoms with Gasteiger partial charge in [-0.05, 0) is 25.5 Å². The summed E-state index contributed by atoms with van der Waals surface area (Å²) in [5, 5.41) is 3.59. The van der Waals surface area contributed by atoms with E-state index in [1.165, 1.54) is 11.5 Å². The summed E-state index contributed by atoms with van der Waals surface area (Å²) < 4.78 is 0. The molecule has 74 valence electrons. The molecule has 0 bridgehead atoms. The summed E-state index contributed by atoms with van der Waals surface area (Å²) in [4.78, 5) is 0. The minimum atomic E-state index is 0.637. The lowest BCUT2D eigenvalue weighted by Crippen LogP contribution is -2.39. The normalized spacial score (nSPS) is 16.5. The van der Waals surface area contributed by atoms with Gasteiger partial charge >= 0.3 is 0 Å². The molecule has 0 heterocycles. The van der Waals surface area contributed by atoms with E-state index in [2.05, 4.69) is 39.9 Å². The molecule has 2 heteroatoms. The van der Waals surface area contributed by atoms with E-state index in [4.69, 9.17) is 0 Å². The number of nitrogens with one attached hydrogen (secondary N) is 1. The maximum absolute atomic E-state index is 3.59. The van der Waals surface area contributed by atoms with Crippen LogP contribution >= 0.6 is 11.8 Å². The maximum Gasteiger partial charge on any atom is 0.0132 e. The summed E-state index contributed by atoms with van der Waals surface area (Å²) >= 11 is 2.01. The van der Waals surface area contributed by atoms with Gasteiger partial charge in [0.25, 0.3) is 0 Å². The van der Waals surface area contributed by atoms with Crippen molar-refractivity contribution in [3.8, 4) is 0 Å². The lowest BCUT2D eigenvalue weighted by atomic mass is 10.1. The third-order valence-corrected chi connectivity index (χ3v) is 3.26. The molecule has 0 radical (unpaired) electrons. The summed E-state index contributed by atoms with van der Waals surface area (Å²) in [6.07, 6.45) is 0. The van der Waals surface area contributed by atoms with Crippen molar-refractivity contribution in [3.63, 3.8) is 0 Å². The van der Waals surface area contributed by atoms with E-state index in [0.29, 0.717) is 12.1 Å². The van der Waals surface area contributed by atoms with E-state index in [9.17, 15) is 0 Å². The zero-order chi connectivity index (χ0) is 9.56. The van der Waals surface area contributed by atoms with E-state index in [1.54, 1.807) is 0 Å². The zero-order valence-corrected chi connectivity index (χ0v) is 9.87. The molecule has 1 nitrogen and oxygen atoms in total. The molecule has 0 amide bonds. The van der Waals surface area contributed by atoms with Crippen molar-refractivity contribution in [1.82, 2.24) is 5.32 Å². The second-order valence-electron chi connectivity index (χ2n) is 3.76. The first-order valence-corrected chi connectivity index (χ1v) is 6.07. The first kappa shape index (κ1) is 12.3. The number of hydrogen-bond acceptors (Lipinski definition) is 2. The van der Waals surface area contributed by atoms with Crippen LogP contribution in [0.4, 0.5) is 0 Å². The summed E-state index contributed by atoms with van der Waals surface area (Å²) in [6.45, 7) is 11.3. The smallest absolute Gasteiger partial charge is 0.0132 e. The monoisotopic (exact) mass is 189 g/mol. The van der Waals surface area contributed by atoms with Crippen LogP contribution in [0.2, 0.25) is 0 Å². The first-order valence-electron chi connectivity index (χ1n) is 4.91. The van der Waals surface area contributed by atoms with Crippen LogP contribution in [0.5, 0.6) is 0 Å². The van der Waals surface area contributed by atoms with E-state index in [1.807, 2.05) is 11.8 Å². The third-order valence-electron chi connectivity index (χ3n) is 2.12. The van der Waals surface area contributed by atoms with Crippen LogP contribution in [0, 0.1) is 5.92 Å². The second kappa shape index (κ2) is 6.79. The molecule has 2 atom stereocenters. The fourth-order valence-corrected chi connectivity index (χ4v) is 1.67. The van der Waals surface area contributed by atoms with Crippen molar-refractivity contribution in [1.29, 1.82) is 0 Å². The van der Waals surface area contributed by atoms with Gasteiger partial charge in [-0.1, -0.05) is 20.8 Å². The molecule has 0 spiro atoms. The Bertz CT molecular complexity index is 104. The van der Waals surface area contributed by atoms with Gasteiger partial charge in [0.1, 0.15) is 0 Å². The molecule has 0 aromatic carbocycles. The van der Waals surface area contributed by atoms with Gasteiger partial charge in [0.2, 0.25) is 0 Å². The van der Waals surface area contributed by atoms with Crippen LogP contribution in [0.3, 0.4) is 0 Å². The molecular formula is C10H23NS. The molecule has 0 aromatic rings. The SMILES string of the molecule is CCSCC(C)NC(C)C(C)C. The Morgan fingerprint density at radius 1 is 1.17 bits per heavy atom. The molecule has 0 aliphatic rings. The van der Waals surface area contributed by atoms with Gasteiger partial charge in [-0.2, -0.15) is 11.8 Å². The Balaban J connectivity index is 3.47. The average molecular weight is 189 g/mol. The van der Waals surface area contributed by atoms with Crippen molar-refractivity contribution in [2.45, 2.75) is 46.7 Å². The minimum absolute atomic E-state index is 0.637. The highest BCUT2D eigenvalue weighted by Crippen LogP contribution is 2.05. The standard InChI is InChI=1S/C10H23NS/c1-6-12-7-9(4)11-10(5)8(2)3/h8-11H,6-7H2,1-5H3. The van der Waals surface area contributed by atoms with Crippen LogP contribution < -0.4 is 5.32 Å². The summed E-state index contributed by atoms with van der Waals surface area (Å²) in [7, 11) is 0. The molecule has 0 aliphatic heterocycles. The molecular weight excluding hydrogens is 166 g/mol. The van der Waals surface area contributed by atoms with Crippen LogP contribution in [-0.4, -0.2) is 23.6 Å². The van der Waals surface area contributed by atoms with Crippen LogP contribution in [0.25, 0.3) is 0 Å². The van der Waals surface area contributed by atoms with E-state index >= 15 is 0 Å². The Hall–Kier alpha value is 0.310. The molecule has 0 aromatic heterocycles. The van der Waals surface area contributed by atoms with Gasteiger partial charge < -0.3 is 5.32 Å². The molecule has 0 fully saturated rings. The zero-order valence-electron chi connectivity index (χ0n) is 9.05. The summed E-state index contributed by atoms with van der Waals surface area (Å²) in [6, 6.07) is 1.28. The Morgan fingerprint density at radius 3 is 2.17 bits per heavy atom. The highest BCUT2D eigenvalue weighted by Gasteiger charge is 2.09. The predicted octanol–water partition coefficient (Wildman–Crippen LogP) is 2.76. The van der Waals surface area contributed by atoms with Gasteiger partial charge in [0.05, 0.1) is 0 Å². The molecule has 0 rings (SSSR count). The highest BCUT2D eigenvalue weighted by molar-refractivity contribution is 7.99. The van der Waals surface area contributed by atoms with Gasteiger partial charge in [-0.25, -0.2) is 0 Å². The fourth-order valence-electron chi connectivity index (χ4n) is 0.984. The summed E-state index contributed by atoms with van der Waals surface area (Å²) in [5.74, 6) is 3.19. The van der Waals surface area contributed by atoms with E-state index in [-0.39, 0.29) is 0 Å². The van der Waals surface area contributed by atoms with Crippen molar-refractivity contribution in [2.75, 3.05) is 11.5 Å². The van der Waals surface area contributed by atoms with Gasteiger partial charge in [-0.15, -0.1) is 0 Å². The number of thioether (sulfide) groups is 1. The molecule has 2 unspecified atom stereocenters. The van der Waals surface area contributed by atoms with Crippen molar-refractivity contribution >= 4 is 11.8 Å². The lowest BCUT2D eigenvalue weighted by molar-refractivity contribution is 0.398. The van der Waals surface area contributed by atoms with Gasteiger partial charge in [0, 0.05) is 17.8 Å². The van der Waals surface area contributed by atoms with Crippen LogP contribution in [0.15, 0.2) is 0 Å². The van der Waals surface area contributed by atoms with Gasteiger partial charge in [-0.3, -0.25) is 0 Å². The average Bonchev–Trinajstić information content (AvgIpc) is 2.00. The fraction of sp³-hybridized carbons (Fsp3) is 1.00. The quantitative estimate of drug-likeness (QED) is 0.689. The Morgan fingerprint density at radius 2 is 1.75 bits per heavy atom. The Kier molecular flexibility index (Phi) is 6.96. The first-order chi connectivity index (χ1) is 5.57. The van der Waals surface area contributed by atoms with E-state index < -0.39 is 0 Å². The molecule has 1 N–H and O–H groups in total. The number of rotatable bonds is 6. The van der Waals surface area contributed by atoms with Gasteiger partial charge in [0.15, 0.2) is 0 Å². The van der Waals surface area contributed by atoms with Crippen LogP contribution in [0.1, 0.15) is 34.6 Å². The third kappa shape index (κ3) is 5.90. The lowest BCUT2D eigenvalue weighted by Gasteiger charge is -2.22. The molecule has 12 heavy (non-hydrogen) atoms. The highest BCUT2D eigenvalue weighted by atomic mass is 32.2. The van der Waals surface area contributed by atoms with Crippen molar-refractivity contribution in [3.05, 3.63) is 0 Å². The molecule has 0 saturated carbocycles. The predicted molar refractivity (Wildman–Crippen MR) is 59.9 cm³/mol. The minimum Gasteiger partial charge on any atom is -0.311 e. The van der Waals surface area contributed by atoms with E-state index in [0.717, 1.165) is 5.92 Å². The van der Waals surface area contributed by atoms with Crippen LogP contribution in [-0.2, 0) is 0 Å². The van der Waals surface area contributed by atoms with Crippen molar-refractivity contribution < 1.29 is 0 Å². The van der Waals surface area contributed by atoms with Crippen molar-refractivity contribution in [2.24, 2.45) is 5.92 Å².